The molecule has 1 saturated heterocycles. The Hall–Kier alpha value is -2.41. The molecule has 1 unspecified atom stereocenters. The molecule has 7 heteroatoms. The van der Waals surface area contributed by atoms with Gasteiger partial charge in [-0.1, -0.05) is 44.2 Å². The smallest absolute Gasteiger partial charge is 0.311 e. The Morgan fingerprint density at radius 3 is 2.33 bits per heavy atom. The first-order chi connectivity index (χ1) is 12.8. The lowest BCUT2D eigenvalue weighted by molar-refractivity contribution is -0.154. The molecular weight excluding hydrogens is 348 g/mol. The maximum atomic E-state index is 12.8. The Morgan fingerprint density at radius 1 is 1.15 bits per heavy atom. The van der Waals surface area contributed by atoms with Gasteiger partial charge in [0.25, 0.3) is 0 Å². The minimum atomic E-state index is -1.03. The van der Waals surface area contributed by atoms with Gasteiger partial charge in [-0.15, -0.1) is 0 Å². The minimum absolute atomic E-state index is 0.00785. The summed E-state index contributed by atoms with van der Waals surface area (Å²) < 4.78 is 5.26. The maximum Gasteiger partial charge on any atom is 0.311 e. The predicted molar refractivity (Wildman–Crippen MR) is 99.9 cm³/mol. The molecule has 0 saturated carbocycles. The Labute approximate surface area is 159 Å². The third kappa shape index (κ3) is 5.79. The number of aliphatic carboxylic acids is 1. The van der Waals surface area contributed by atoms with Crippen molar-refractivity contribution in [2.75, 3.05) is 19.8 Å². The molecule has 1 aliphatic rings. The van der Waals surface area contributed by atoms with Crippen LogP contribution in [0.3, 0.4) is 0 Å². The lowest BCUT2D eigenvalue weighted by atomic mass is 9.80. The van der Waals surface area contributed by atoms with Crippen LogP contribution in [-0.4, -0.2) is 42.6 Å². The predicted octanol–water partition coefficient (Wildman–Crippen LogP) is 1.89. The summed E-state index contributed by atoms with van der Waals surface area (Å²) >= 11 is 0. The molecule has 7 nitrogen and oxygen atoms in total. The van der Waals surface area contributed by atoms with Gasteiger partial charge in [-0.05, 0) is 24.3 Å². The molecule has 148 valence electrons. The van der Waals surface area contributed by atoms with Crippen molar-refractivity contribution in [3.8, 4) is 0 Å². The lowest BCUT2D eigenvalue weighted by Gasteiger charge is -2.33. The van der Waals surface area contributed by atoms with Crippen LogP contribution in [-0.2, 0) is 19.1 Å². The van der Waals surface area contributed by atoms with Crippen molar-refractivity contribution in [3.05, 3.63) is 35.9 Å². The number of hydrogen-bond donors (Lipinski definition) is 3. The Kier molecular flexibility index (Phi) is 7.36. The molecule has 1 atom stereocenters. The highest BCUT2D eigenvalue weighted by Gasteiger charge is 2.41. The zero-order valence-electron chi connectivity index (χ0n) is 15.9. The molecule has 27 heavy (non-hydrogen) atoms. The van der Waals surface area contributed by atoms with Gasteiger partial charge >= 0.3 is 5.97 Å². The van der Waals surface area contributed by atoms with Crippen molar-refractivity contribution in [2.24, 2.45) is 11.3 Å². The SMILES string of the molecule is CC(C)CC(=O)NC(C(=O)NCC1(C(=O)O)CCOCC1)c1ccccc1. The molecule has 0 spiro atoms. The molecule has 1 aromatic rings. The van der Waals surface area contributed by atoms with E-state index in [0.717, 1.165) is 0 Å². The van der Waals surface area contributed by atoms with E-state index in [2.05, 4.69) is 10.6 Å². The quantitative estimate of drug-likeness (QED) is 0.643. The molecule has 2 amide bonds. The van der Waals surface area contributed by atoms with Crippen LogP contribution in [0.5, 0.6) is 0 Å². The number of carbonyl (C=O) groups excluding carboxylic acids is 2. The van der Waals surface area contributed by atoms with Gasteiger partial charge in [-0.2, -0.15) is 0 Å². The summed E-state index contributed by atoms with van der Waals surface area (Å²) in [5.74, 6) is -1.40. The molecule has 1 fully saturated rings. The zero-order valence-corrected chi connectivity index (χ0v) is 15.9. The van der Waals surface area contributed by atoms with Crippen molar-refractivity contribution in [3.63, 3.8) is 0 Å². The molecule has 1 heterocycles. The topological polar surface area (TPSA) is 105 Å². The van der Waals surface area contributed by atoms with Gasteiger partial charge < -0.3 is 20.5 Å². The third-order valence-corrected chi connectivity index (χ3v) is 4.80. The first kappa shape index (κ1) is 20.9. The molecule has 1 aromatic carbocycles. The van der Waals surface area contributed by atoms with Crippen LogP contribution < -0.4 is 10.6 Å². The molecular formula is C20H28N2O5. The van der Waals surface area contributed by atoms with Crippen LogP contribution in [0, 0.1) is 11.3 Å². The fourth-order valence-electron chi connectivity index (χ4n) is 3.12. The molecule has 0 radical (unpaired) electrons. The number of benzene rings is 1. The van der Waals surface area contributed by atoms with Gasteiger partial charge in [-0.25, -0.2) is 0 Å². The van der Waals surface area contributed by atoms with Gasteiger partial charge in [0, 0.05) is 26.2 Å². The second-order valence-electron chi connectivity index (χ2n) is 7.42. The normalized spacial score (nSPS) is 17.1. The van der Waals surface area contributed by atoms with Crippen molar-refractivity contribution in [1.82, 2.24) is 10.6 Å². The van der Waals surface area contributed by atoms with Crippen molar-refractivity contribution in [2.45, 2.75) is 39.2 Å². The van der Waals surface area contributed by atoms with E-state index in [9.17, 15) is 19.5 Å². The van der Waals surface area contributed by atoms with Crippen LogP contribution in [0.2, 0.25) is 0 Å². The molecule has 0 aromatic heterocycles. The van der Waals surface area contributed by atoms with E-state index < -0.39 is 23.3 Å². The zero-order chi connectivity index (χ0) is 19.9. The maximum absolute atomic E-state index is 12.8. The monoisotopic (exact) mass is 376 g/mol. The van der Waals surface area contributed by atoms with E-state index in [-0.39, 0.29) is 18.4 Å². The highest BCUT2D eigenvalue weighted by atomic mass is 16.5. The van der Waals surface area contributed by atoms with Gasteiger partial charge in [-0.3, -0.25) is 14.4 Å². The number of carbonyl (C=O) groups is 3. The average molecular weight is 376 g/mol. The Morgan fingerprint density at radius 2 is 1.78 bits per heavy atom. The summed E-state index contributed by atoms with van der Waals surface area (Å²) in [6.07, 6.45) is 1.00. The van der Waals surface area contributed by atoms with Gasteiger partial charge in [0.1, 0.15) is 6.04 Å². The van der Waals surface area contributed by atoms with E-state index in [1.807, 2.05) is 19.9 Å². The Bertz CT molecular complexity index is 654. The first-order valence-corrected chi connectivity index (χ1v) is 9.27. The second-order valence-corrected chi connectivity index (χ2v) is 7.42. The van der Waals surface area contributed by atoms with Crippen LogP contribution in [0.4, 0.5) is 0 Å². The summed E-state index contributed by atoms with van der Waals surface area (Å²) in [4.78, 5) is 36.8. The van der Waals surface area contributed by atoms with Crippen LogP contribution >= 0.6 is 0 Å². The van der Waals surface area contributed by atoms with Crippen LogP contribution in [0.1, 0.15) is 44.7 Å². The first-order valence-electron chi connectivity index (χ1n) is 9.27. The molecule has 3 N–H and O–H groups in total. The summed E-state index contributed by atoms with van der Waals surface area (Å²) in [6, 6.07) is 8.09. The number of ether oxygens (including phenoxy) is 1. The summed E-state index contributed by atoms with van der Waals surface area (Å²) in [7, 11) is 0. The van der Waals surface area contributed by atoms with E-state index >= 15 is 0 Å². The van der Waals surface area contributed by atoms with Crippen molar-refractivity contribution < 1.29 is 24.2 Å². The Balaban J connectivity index is 2.11. The van der Waals surface area contributed by atoms with E-state index in [1.54, 1.807) is 24.3 Å². The van der Waals surface area contributed by atoms with E-state index in [1.165, 1.54) is 0 Å². The standard InChI is InChI=1S/C20H28N2O5/c1-14(2)12-16(23)22-17(15-6-4-3-5-7-15)18(24)21-13-20(19(25)26)8-10-27-11-9-20/h3-7,14,17H,8-13H2,1-2H3,(H,21,24)(H,22,23)(H,25,26). The van der Waals surface area contributed by atoms with Gasteiger partial charge in [0.15, 0.2) is 0 Å². The fraction of sp³-hybridized carbons (Fsp3) is 0.550. The number of hydrogen-bond acceptors (Lipinski definition) is 4. The highest BCUT2D eigenvalue weighted by Crippen LogP contribution is 2.30. The summed E-state index contributed by atoms with van der Waals surface area (Å²) in [5, 5.41) is 15.1. The van der Waals surface area contributed by atoms with E-state index in [4.69, 9.17) is 4.74 Å². The van der Waals surface area contributed by atoms with Gasteiger partial charge in [0.2, 0.25) is 11.8 Å². The molecule has 0 aliphatic carbocycles. The molecule has 0 bridgehead atoms. The number of carboxylic acid groups (broad SMARTS) is 1. The highest BCUT2D eigenvalue weighted by molar-refractivity contribution is 5.89. The lowest BCUT2D eigenvalue weighted by Crippen LogP contribution is -2.49. The van der Waals surface area contributed by atoms with Crippen molar-refractivity contribution >= 4 is 17.8 Å². The second kappa shape index (κ2) is 9.50. The van der Waals surface area contributed by atoms with E-state index in [0.29, 0.717) is 38.0 Å². The number of amides is 2. The fourth-order valence-corrected chi connectivity index (χ4v) is 3.12. The van der Waals surface area contributed by atoms with Crippen LogP contribution in [0.15, 0.2) is 30.3 Å². The average Bonchev–Trinajstić information content (AvgIpc) is 2.65. The summed E-state index contributed by atoms with van der Waals surface area (Å²) in [5.41, 5.74) is -0.375. The minimum Gasteiger partial charge on any atom is -0.481 e. The van der Waals surface area contributed by atoms with Crippen LogP contribution in [0.25, 0.3) is 0 Å². The molecule has 2 rings (SSSR count). The number of rotatable bonds is 8. The number of nitrogens with one attached hydrogen (secondary N) is 2. The summed E-state index contributed by atoms with van der Waals surface area (Å²) in [6.45, 7) is 4.58. The molecule has 1 aliphatic heterocycles. The van der Waals surface area contributed by atoms with Gasteiger partial charge in [0.05, 0.1) is 5.41 Å². The largest absolute Gasteiger partial charge is 0.481 e. The van der Waals surface area contributed by atoms with Crippen molar-refractivity contribution in [1.29, 1.82) is 0 Å². The number of carboxylic acids is 1. The third-order valence-electron chi connectivity index (χ3n) is 4.80.